The van der Waals surface area contributed by atoms with Gasteiger partial charge in [-0.1, -0.05) is 6.42 Å². The highest BCUT2D eigenvalue weighted by atomic mass is 32.2. The first kappa shape index (κ1) is 11.3. The zero-order valence-electron chi connectivity index (χ0n) is 8.70. The summed E-state index contributed by atoms with van der Waals surface area (Å²) in [6, 6.07) is 0.751. The first-order valence-electron chi connectivity index (χ1n) is 5.13. The second kappa shape index (κ2) is 5.89. The number of rotatable bonds is 5. The maximum absolute atomic E-state index is 8.75. The first-order chi connectivity index (χ1) is 6.29. The molecule has 1 saturated carbocycles. The van der Waals surface area contributed by atoms with Gasteiger partial charge in [-0.25, -0.2) is 0 Å². The van der Waals surface area contributed by atoms with Crippen LogP contribution in [0.5, 0.6) is 0 Å². The van der Waals surface area contributed by atoms with Gasteiger partial charge in [-0.15, -0.1) is 0 Å². The van der Waals surface area contributed by atoms with Crippen LogP contribution in [0.15, 0.2) is 0 Å². The van der Waals surface area contributed by atoms with Gasteiger partial charge in [0.2, 0.25) is 0 Å². The lowest BCUT2D eigenvalue weighted by molar-refractivity contribution is 0.211. The Bertz CT molecular complexity index is 143. The fourth-order valence-corrected chi connectivity index (χ4v) is 3.23. The van der Waals surface area contributed by atoms with Gasteiger partial charge in [-0.05, 0) is 32.6 Å². The van der Waals surface area contributed by atoms with Crippen LogP contribution in [0.3, 0.4) is 0 Å². The maximum atomic E-state index is 8.75. The second-order valence-electron chi connectivity index (χ2n) is 3.83. The zero-order chi connectivity index (χ0) is 9.68. The summed E-state index contributed by atoms with van der Waals surface area (Å²) in [6.45, 7) is 1.36. The monoisotopic (exact) mass is 203 g/mol. The maximum Gasteiger partial charge on any atom is 0.0443 e. The van der Waals surface area contributed by atoms with Crippen LogP contribution in [0.1, 0.15) is 25.7 Å². The molecule has 0 aromatic carbocycles. The summed E-state index contributed by atoms with van der Waals surface area (Å²) in [5.41, 5.74) is 0. The molecule has 0 amide bonds. The van der Waals surface area contributed by atoms with Gasteiger partial charge in [0, 0.05) is 24.4 Å². The molecular formula is C10H21NOS. The normalized spacial score (nSPS) is 28.6. The van der Waals surface area contributed by atoms with Crippen LogP contribution in [0, 0.1) is 0 Å². The molecule has 0 spiro atoms. The van der Waals surface area contributed by atoms with E-state index >= 15 is 0 Å². The van der Waals surface area contributed by atoms with Crippen molar-refractivity contribution in [2.24, 2.45) is 0 Å². The van der Waals surface area contributed by atoms with Crippen molar-refractivity contribution >= 4 is 11.8 Å². The van der Waals surface area contributed by atoms with Crippen molar-refractivity contribution in [1.29, 1.82) is 0 Å². The van der Waals surface area contributed by atoms with E-state index in [0.29, 0.717) is 6.61 Å². The molecule has 13 heavy (non-hydrogen) atoms. The molecule has 0 aromatic heterocycles. The third-order valence-corrected chi connectivity index (χ3v) is 4.11. The molecule has 0 heterocycles. The molecule has 2 nitrogen and oxygen atoms in total. The van der Waals surface area contributed by atoms with Crippen LogP contribution >= 0.6 is 11.8 Å². The van der Waals surface area contributed by atoms with Gasteiger partial charge in [0.15, 0.2) is 0 Å². The molecule has 1 aliphatic carbocycles. The van der Waals surface area contributed by atoms with Gasteiger partial charge in [0.25, 0.3) is 0 Å². The van der Waals surface area contributed by atoms with E-state index in [9.17, 15) is 0 Å². The van der Waals surface area contributed by atoms with Gasteiger partial charge < -0.3 is 10.0 Å². The number of aliphatic hydroxyl groups excluding tert-OH is 1. The lowest BCUT2D eigenvalue weighted by atomic mass is 10.2. The van der Waals surface area contributed by atoms with Gasteiger partial charge in [0.1, 0.15) is 0 Å². The summed E-state index contributed by atoms with van der Waals surface area (Å²) in [5.74, 6) is 0. The summed E-state index contributed by atoms with van der Waals surface area (Å²) in [5, 5.41) is 9.57. The zero-order valence-corrected chi connectivity index (χ0v) is 9.52. The molecule has 78 valence electrons. The van der Waals surface area contributed by atoms with Crippen LogP contribution in [0.2, 0.25) is 0 Å². The summed E-state index contributed by atoms with van der Waals surface area (Å²) in [6.07, 6.45) is 7.21. The Morgan fingerprint density at radius 2 is 2.23 bits per heavy atom. The largest absolute Gasteiger partial charge is 0.396 e. The minimum atomic E-state index is 0.320. The van der Waals surface area contributed by atoms with Gasteiger partial charge >= 0.3 is 0 Å². The summed E-state index contributed by atoms with van der Waals surface area (Å²) in [4.78, 5) is 2.42. The highest BCUT2D eigenvalue weighted by molar-refractivity contribution is 7.99. The van der Waals surface area contributed by atoms with Crippen LogP contribution in [-0.2, 0) is 0 Å². The molecular weight excluding hydrogens is 182 g/mol. The average molecular weight is 203 g/mol. The van der Waals surface area contributed by atoms with E-state index in [1.54, 1.807) is 0 Å². The standard InChI is InChI=1S/C10H21NOS/c1-11(7-4-8-12)9-5-3-6-10(9)13-2/h9-10,12H,3-8H2,1-2H3/t9-,10-/m0/s1. The van der Waals surface area contributed by atoms with Crippen LogP contribution < -0.4 is 0 Å². The Labute approximate surface area is 85.7 Å². The molecule has 0 radical (unpaired) electrons. The lowest BCUT2D eigenvalue weighted by Crippen LogP contribution is -2.36. The van der Waals surface area contributed by atoms with Gasteiger partial charge in [-0.2, -0.15) is 11.8 Å². The molecule has 0 unspecified atom stereocenters. The first-order valence-corrected chi connectivity index (χ1v) is 6.42. The predicted molar refractivity (Wildman–Crippen MR) is 59.3 cm³/mol. The lowest BCUT2D eigenvalue weighted by Gasteiger charge is -2.28. The Balaban J connectivity index is 2.31. The molecule has 3 heteroatoms. The molecule has 1 aliphatic rings. The SMILES string of the molecule is CS[C@H]1CCC[C@@H]1N(C)CCCO. The summed E-state index contributed by atoms with van der Waals surface area (Å²) in [7, 11) is 2.19. The summed E-state index contributed by atoms with van der Waals surface area (Å²) < 4.78 is 0. The molecule has 0 aliphatic heterocycles. The van der Waals surface area contributed by atoms with Crippen molar-refractivity contribution in [3.63, 3.8) is 0 Å². The molecule has 0 saturated heterocycles. The highest BCUT2D eigenvalue weighted by Crippen LogP contribution is 2.31. The average Bonchev–Trinajstić information content (AvgIpc) is 2.61. The van der Waals surface area contributed by atoms with Crippen molar-refractivity contribution in [3.8, 4) is 0 Å². The van der Waals surface area contributed by atoms with E-state index in [-0.39, 0.29) is 0 Å². The minimum absolute atomic E-state index is 0.320. The Morgan fingerprint density at radius 3 is 2.85 bits per heavy atom. The Morgan fingerprint density at radius 1 is 1.46 bits per heavy atom. The molecule has 2 atom stereocenters. The van der Waals surface area contributed by atoms with E-state index in [0.717, 1.165) is 24.3 Å². The van der Waals surface area contributed by atoms with E-state index in [1.807, 2.05) is 11.8 Å². The fraction of sp³-hybridized carbons (Fsp3) is 1.00. The van der Waals surface area contributed by atoms with Gasteiger partial charge in [0.05, 0.1) is 0 Å². The van der Waals surface area contributed by atoms with E-state index in [4.69, 9.17) is 5.11 Å². The molecule has 0 bridgehead atoms. The number of thioether (sulfide) groups is 1. The third kappa shape index (κ3) is 3.15. The third-order valence-electron chi connectivity index (χ3n) is 2.96. The topological polar surface area (TPSA) is 23.5 Å². The number of aliphatic hydroxyl groups is 1. The summed E-state index contributed by atoms with van der Waals surface area (Å²) >= 11 is 2.00. The number of nitrogens with zero attached hydrogens (tertiary/aromatic N) is 1. The van der Waals surface area contributed by atoms with E-state index < -0.39 is 0 Å². The van der Waals surface area contributed by atoms with Crippen molar-refractivity contribution < 1.29 is 5.11 Å². The number of hydrogen-bond donors (Lipinski definition) is 1. The molecule has 0 aromatic rings. The highest BCUT2D eigenvalue weighted by Gasteiger charge is 2.28. The van der Waals surface area contributed by atoms with E-state index in [2.05, 4.69) is 18.2 Å². The Hall–Kier alpha value is 0.270. The van der Waals surface area contributed by atoms with Gasteiger partial charge in [-0.3, -0.25) is 0 Å². The second-order valence-corrected chi connectivity index (χ2v) is 4.91. The minimum Gasteiger partial charge on any atom is -0.396 e. The van der Waals surface area contributed by atoms with Crippen molar-refractivity contribution in [3.05, 3.63) is 0 Å². The predicted octanol–water partition coefficient (Wildman–Crippen LogP) is 1.58. The molecule has 1 N–H and O–H groups in total. The Kier molecular flexibility index (Phi) is 5.14. The van der Waals surface area contributed by atoms with Crippen molar-refractivity contribution in [2.45, 2.75) is 37.0 Å². The van der Waals surface area contributed by atoms with Crippen LogP contribution in [-0.4, -0.2) is 47.8 Å². The van der Waals surface area contributed by atoms with Crippen LogP contribution in [0.25, 0.3) is 0 Å². The van der Waals surface area contributed by atoms with E-state index in [1.165, 1.54) is 19.3 Å². The van der Waals surface area contributed by atoms with Crippen molar-refractivity contribution in [1.82, 2.24) is 4.90 Å². The fourth-order valence-electron chi connectivity index (χ4n) is 2.17. The molecule has 1 fully saturated rings. The van der Waals surface area contributed by atoms with Crippen LogP contribution in [0.4, 0.5) is 0 Å². The smallest absolute Gasteiger partial charge is 0.0443 e. The quantitative estimate of drug-likeness (QED) is 0.734. The molecule has 1 rings (SSSR count). The van der Waals surface area contributed by atoms with Crippen molar-refractivity contribution in [2.75, 3.05) is 26.5 Å². The number of hydrogen-bond acceptors (Lipinski definition) is 3.